The van der Waals surface area contributed by atoms with Crippen LogP contribution in [0.25, 0.3) is 38.8 Å². The van der Waals surface area contributed by atoms with Crippen molar-refractivity contribution in [2.75, 3.05) is 0 Å². The zero-order valence-electron chi connectivity index (χ0n) is 33.8. The number of fused-ring (bicyclic) bond motifs is 6. The van der Waals surface area contributed by atoms with Crippen molar-refractivity contribution in [2.45, 2.75) is 108 Å². The maximum atomic E-state index is 6.48. The fraction of sp³-hybridized carbons (Fsp3) is 0.327. The molecule has 56 heavy (non-hydrogen) atoms. The van der Waals surface area contributed by atoms with E-state index in [9.17, 15) is 0 Å². The summed E-state index contributed by atoms with van der Waals surface area (Å²) in [7, 11) is 0. The van der Waals surface area contributed by atoms with Crippen molar-refractivity contribution < 1.29 is 9.30 Å². The molecule has 1 aliphatic heterocycles. The van der Waals surface area contributed by atoms with E-state index >= 15 is 0 Å². The van der Waals surface area contributed by atoms with Crippen LogP contribution < -0.4 is 9.30 Å². The van der Waals surface area contributed by atoms with Crippen molar-refractivity contribution in [1.29, 1.82) is 0 Å². The summed E-state index contributed by atoms with van der Waals surface area (Å²) in [5.41, 5.74) is 10.7. The highest BCUT2D eigenvalue weighted by Crippen LogP contribution is 2.40. The lowest BCUT2D eigenvalue weighted by Gasteiger charge is -2.20. The van der Waals surface area contributed by atoms with Gasteiger partial charge in [0.2, 0.25) is 5.69 Å². The molecule has 0 radical (unpaired) electrons. The van der Waals surface area contributed by atoms with Crippen molar-refractivity contribution in [2.24, 2.45) is 11.8 Å². The molecular weight excluding hydrogens is 701 g/mol. The minimum Gasteiger partial charge on any atom is -0.457 e. The standard InChI is InChI=1S/C52H57N2OS/c1-5-9-16-37(7-3)28-39-30-40(29-38(8-4)17-10-6-2)32-42(31-39)54-51-33-44(55-43-18-12-11-13-19-43)22-25-47(51)48-26-24-46(35-52(48)54)56-45-23-21-41-36-53-27-15-14-20-50(53)49(41)34-45/h11-15,18-27,30-35,37-38H,5-10,16-17,28-29,36H2,1-4H3/q+1. The van der Waals surface area contributed by atoms with Gasteiger partial charge in [-0.2, -0.15) is 4.57 Å². The first kappa shape index (κ1) is 38.1. The third kappa shape index (κ3) is 8.32. The van der Waals surface area contributed by atoms with Crippen LogP contribution in [0.3, 0.4) is 0 Å². The topological polar surface area (TPSA) is 18.0 Å². The predicted octanol–water partition coefficient (Wildman–Crippen LogP) is 14.6. The SMILES string of the molecule is CCCCC(CC)Cc1cc(CC(CC)CCCC)cc(-n2c3cc(Oc4ccccc4)ccc3c3ccc(Sc4ccc5c(c4)-c4cccc[n+]4C5)cc32)c1. The maximum absolute atomic E-state index is 6.48. The minimum atomic E-state index is 0.699. The molecule has 3 nitrogen and oxygen atoms in total. The second kappa shape index (κ2) is 17.6. The number of aromatic nitrogens is 2. The normalized spacial score (nSPS) is 13.2. The Labute approximate surface area is 338 Å². The van der Waals surface area contributed by atoms with Crippen LogP contribution in [0, 0.1) is 11.8 Å². The second-order valence-electron chi connectivity index (χ2n) is 16.0. The fourth-order valence-corrected chi connectivity index (χ4v) is 9.73. The molecule has 0 fully saturated rings. The van der Waals surface area contributed by atoms with Crippen molar-refractivity contribution >= 4 is 33.6 Å². The summed E-state index contributed by atoms with van der Waals surface area (Å²) in [4.78, 5) is 2.51. The summed E-state index contributed by atoms with van der Waals surface area (Å²) in [6.45, 7) is 10.3. The van der Waals surface area contributed by atoms with Crippen LogP contribution in [0.1, 0.15) is 95.8 Å². The Kier molecular flexibility index (Phi) is 11.9. The highest BCUT2D eigenvalue weighted by Gasteiger charge is 2.25. The van der Waals surface area contributed by atoms with Crippen LogP contribution in [0.5, 0.6) is 11.5 Å². The van der Waals surface area contributed by atoms with Gasteiger partial charge in [-0.25, -0.2) is 0 Å². The number of ether oxygens (including phenoxy) is 1. The van der Waals surface area contributed by atoms with Gasteiger partial charge in [-0.1, -0.05) is 127 Å². The van der Waals surface area contributed by atoms with E-state index in [1.54, 1.807) is 0 Å². The van der Waals surface area contributed by atoms with Gasteiger partial charge in [0.1, 0.15) is 11.5 Å². The summed E-state index contributed by atoms with van der Waals surface area (Å²) in [6.07, 6.45) is 14.6. The molecule has 7 aromatic rings. The van der Waals surface area contributed by atoms with Gasteiger partial charge < -0.3 is 9.30 Å². The number of nitrogens with zero attached hydrogens (tertiary/aromatic N) is 2. The van der Waals surface area contributed by atoms with Gasteiger partial charge in [0.15, 0.2) is 12.7 Å². The van der Waals surface area contributed by atoms with Gasteiger partial charge >= 0.3 is 0 Å². The van der Waals surface area contributed by atoms with Gasteiger partial charge in [-0.05, 0) is 103 Å². The average molecular weight is 758 g/mol. The summed E-state index contributed by atoms with van der Waals surface area (Å²) in [5.74, 6) is 3.10. The molecule has 5 aromatic carbocycles. The highest BCUT2D eigenvalue weighted by molar-refractivity contribution is 7.99. The number of unbranched alkanes of at least 4 members (excludes halogenated alkanes) is 2. The molecule has 1 aliphatic rings. The summed E-state index contributed by atoms with van der Waals surface area (Å²) in [5, 5.41) is 2.52. The smallest absolute Gasteiger partial charge is 0.213 e. The van der Waals surface area contributed by atoms with Crippen molar-refractivity contribution in [1.82, 2.24) is 4.57 Å². The van der Waals surface area contributed by atoms with E-state index < -0.39 is 0 Å². The third-order valence-corrected chi connectivity index (χ3v) is 13.0. The highest BCUT2D eigenvalue weighted by atomic mass is 32.2. The van der Waals surface area contributed by atoms with Gasteiger partial charge in [-0.3, -0.25) is 0 Å². The number of pyridine rings is 1. The molecule has 0 N–H and O–H groups in total. The van der Waals surface area contributed by atoms with Crippen LogP contribution in [0.15, 0.2) is 137 Å². The van der Waals surface area contributed by atoms with Crippen molar-refractivity contribution in [3.8, 4) is 28.4 Å². The van der Waals surface area contributed by atoms with E-state index in [0.29, 0.717) is 11.8 Å². The molecule has 286 valence electrons. The maximum Gasteiger partial charge on any atom is 0.213 e. The van der Waals surface area contributed by atoms with E-state index in [0.717, 1.165) is 30.9 Å². The average Bonchev–Trinajstić information content (AvgIpc) is 3.76. The number of para-hydroxylation sites is 1. The molecule has 0 bridgehead atoms. The van der Waals surface area contributed by atoms with E-state index in [2.05, 4.69) is 134 Å². The van der Waals surface area contributed by atoms with Gasteiger partial charge in [0.25, 0.3) is 0 Å². The lowest BCUT2D eigenvalue weighted by molar-refractivity contribution is -0.672. The zero-order chi connectivity index (χ0) is 38.4. The van der Waals surface area contributed by atoms with E-state index in [1.807, 2.05) is 42.1 Å². The number of hydrogen-bond donors (Lipinski definition) is 0. The van der Waals surface area contributed by atoms with E-state index in [-0.39, 0.29) is 0 Å². The lowest BCUT2D eigenvalue weighted by atomic mass is 9.88. The Morgan fingerprint density at radius 1 is 0.625 bits per heavy atom. The Morgan fingerprint density at radius 3 is 1.96 bits per heavy atom. The molecular formula is C52H57N2OS+. The Bertz CT molecular complexity index is 2390. The van der Waals surface area contributed by atoms with Crippen LogP contribution in [-0.4, -0.2) is 4.57 Å². The zero-order valence-corrected chi connectivity index (χ0v) is 34.6. The first-order valence-corrected chi connectivity index (χ1v) is 22.1. The predicted molar refractivity (Wildman–Crippen MR) is 237 cm³/mol. The fourth-order valence-electron chi connectivity index (χ4n) is 8.84. The lowest BCUT2D eigenvalue weighted by Crippen LogP contribution is -2.31. The molecule has 4 heteroatoms. The van der Waals surface area contributed by atoms with Crippen LogP contribution >= 0.6 is 11.8 Å². The van der Waals surface area contributed by atoms with Crippen LogP contribution in [0.4, 0.5) is 0 Å². The minimum absolute atomic E-state index is 0.699. The van der Waals surface area contributed by atoms with Gasteiger partial charge in [0, 0.05) is 50.0 Å². The van der Waals surface area contributed by atoms with E-state index in [1.165, 1.54) is 117 Å². The summed E-state index contributed by atoms with van der Waals surface area (Å²) < 4.78 is 11.4. The number of hydrogen-bond acceptors (Lipinski definition) is 2. The Hall–Kier alpha value is -4.80. The second-order valence-corrected chi connectivity index (χ2v) is 17.1. The molecule has 2 aromatic heterocycles. The number of rotatable bonds is 17. The van der Waals surface area contributed by atoms with Crippen LogP contribution in [0.2, 0.25) is 0 Å². The summed E-state index contributed by atoms with van der Waals surface area (Å²) >= 11 is 1.86. The van der Waals surface area contributed by atoms with Gasteiger partial charge in [-0.15, -0.1) is 0 Å². The molecule has 0 saturated heterocycles. The molecule has 0 aliphatic carbocycles. The molecule has 2 atom stereocenters. The van der Waals surface area contributed by atoms with Crippen molar-refractivity contribution in [3.63, 3.8) is 0 Å². The molecule has 0 amide bonds. The molecule has 8 rings (SSSR count). The molecule has 0 spiro atoms. The Morgan fingerprint density at radius 2 is 1.27 bits per heavy atom. The quantitative estimate of drug-likeness (QED) is 0.0861. The molecule has 2 unspecified atom stereocenters. The first-order chi connectivity index (χ1) is 27.5. The van der Waals surface area contributed by atoms with E-state index in [4.69, 9.17) is 4.74 Å². The van der Waals surface area contributed by atoms with Crippen molar-refractivity contribution in [3.05, 3.63) is 144 Å². The monoisotopic (exact) mass is 757 g/mol. The first-order valence-electron chi connectivity index (χ1n) is 21.3. The van der Waals surface area contributed by atoms with Crippen LogP contribution in [-0.2, 0) is 19.4 Å². The van der Waals surface area contributed by atoms with Gasteiger partial charge in [0.05, 0.1) is 16.6 Å². The number of benzene rings is 5. The Balaban J connectivity index is 1.26. The third-order valence-electron chi connectivity index (χ3n) is 12.0. The molecule has 0 saturated carbocycles. The largest absolute Gasteiger partial charge is 0.457 e. The summed E-state index contributed by atoms with van der Waals surface area (Å²) in [6, 6.07) is 44.9. The molecule has 3 heterocycles.